The van der Waals surface area contributed by atoms with Crippen LogP contribution in [0.5, 0.6) is 0 Å². The first-order valence-corrected chi connectivity index (χ1v) is 16.2. The minimum atomic E-state index is -0.614. The number of benzene rings is 1. The molecule has 6 atom stereocenters. The van der Waals surface area contributed by atoms with Crippen LogP contribution in [0.4, 0.5) is 0 Å². The van der Waals surface area contributed by atoms with Crippen LogP contribution in [-0.2, 0) is 22.4 Å². The second-order valence-electron chi connectivity index (χ2n) is 13.1. The maximum Gasteiger partial charge on any atom is 0.323 e. The van der Waals surface area contributed by atoms with Crippen LogP contribution in [0, 0.1) is 17.3 Å². The van der Waals surface area contributed by atoms with Gasteiger partial charge in [0.25, 0.3) is 0 Å². The molecule has 192 valence electrons. The highest BCUT2D eigenvalue weighted by Crippen LogP contribution is 2.61. The summed E-state index contributed by atoms with van der Waals surface area (Å²) in [7, 11) is 1.21. The summed E-state index contributed by atoms with van der Waals surface area (Å²) >= 11 is 0. The summed E-state index contributed by atoms with van der Waals surface area (Å²) < 4.78 is 6.48. The Kier molecular flexibility index (Phi) is 7.26. The van der Waals surface area contributed by atoms with Gasteiger partial charge in [-0.2, -0.15) is 0 Å². The summed E-state index contributed by atoms with van der Waals surface area (Å²) in [6.45, 7) is 11.5. The lowest BCUT2D eigenvalue weighted by Gasteiger charge is -2.50. The van der Waals surface area contributed by atoms with Crippen LogP contribution in [0.1, 0.15) is 89.3 Å². The van der Waals surface area contributed by atoms with Gasteiger partial charge < -0.3 is 10.1 Å². The van der Waals surface area contributed by atoms with E-state index in [2.05, 4.69) is 63.7 Å². The monoisotopic (exact) mass is 487 g/mol. The average molecular weight is 488 g/mol. The Hall–Kier alpha value is -1.00. The number of ether oxygens (including phenoxy) is 1. The summed E-state index contributed by atoms with van der Waals surface area (Å²) in [4.78, 5) is 12.5. The zero-order valence-corrected chi connectivity index (χ0v) is 23.8. The van der Waals surface area contributed by atoms with E-state index in [0.717, 1.165) is 12.3 Å². The van der Waals surface area contributed by atoms with Crippen molar-refractivity contribution in [3.8, 4) is 0 Å². The molecule has 34 heavy (non-hydrogen) atoms. The van der Waals surface area contributed by atoms with Crippen LogP contribution in [0.3, 0.4) is 0 Å². The zero-order chi connectivity index (χ0) is 24.9. The van der Waals surface area contributed by atoms with E-state index in [1.807, 2.05) is 14.0 Å². The molecule has 0 aliphatic heterocycles. The van der Waals surface area contributed by atoms with Crippen LogP contribution < -0.4 is 5.32 Å². The predicted molar refractivity (Wildman–Crippen MR) is 147 cm³/mol. The van der Waals surface area contributed by atoms with Gasteiger partial charge in [0.2, 0.25) is 0 Å². The highest BCUT2D eigenvalue weighted by molar-refractivity contribution is 8.33. The third-order valence-corrected chi connectivity index (χ3v) is 14.8. The molecule has 0 aromatic heterocycles. The summed E-state index contributed by atoms with van der Waals surface area (Å²) in [5.74, 6) is 3.34. The standard InChI is InChI=1S/C30H49NO2S/c1-20(31-6)28(32)33-27-14-13-26-25-12-10-22-19-21(16-18-34(7,8)29(2,3)4)9-11-23(22)24(25)15-17-30(26,27)5/h9,11,19-20,24-27,31H,10,12-18H2,1-8H3/t20-,24?,25?,26?,27?,30?/m0/s1. The molecule has 1 N–H and O–H groups in total. The molecule has 3 aliphatic carbocycles. The molecule has 1 aromatic carbocycles. The molecule has 5 unspecified atom stereocenters. The average Bonchev–Trinajstić information content (AvgIpc) is 3.12. The molecule has 0 heterocycles. The van der Waals surface area contributed by atoms with Crippen molar-refractivity contribution in [2.24, 2.45) is 17.3 Å². The van der Waals surface area contributed by atoms with Crippen LogP contribution in [0.15, 0.2) is 18.2 Å². The number of nitrogens with one attached hydrogen (secondary N) is 1. The molecule has 4 rings (SSSR count). The van der Waals surface area contributed by atoms with Crippen LogP contribution >= 0.6 is 10.0 Å². The first-order valence-electron chi connectivity index (χ1n) is 13.6. The number of esters is 1. The summed E-state index contributed by atoms with van der Waals surface area (Å²) in [5, 5.41) is 3.04. The summed E-state index contributed by atoms with van der Waals surface area (Å²) in [5.41, 5.74) is 4.93. The van der Waals surface area contributed by atoms with Gasteiger partial charge in [-0.15, -0.1) is 0 Å². The molecule has 3 aliphatic rings. The van der Waals surface area contributed by atoms with Crippen molar-refractivity contribution in [1.82, 2.24) is 5.32 Å². The second kappa shape index (κ2) is 9.47. The van der Waals surface area contributed by atoms with E-state index < -0.39 is 10.0 Å². The smallest absolute Gasteiger partial charge is 0.323 e. The number of carbonyl (C=O) groups excluding carboxylic acids is 1. The Labute approximate surface area is 210 Å². The maximum absolute atomic E-state index is 12.5. The van der Waals surface area contributed by atoms with Crippen molar-refractivity contribution >= 4 is 16.0 Å². The topological polar surface area (TPSA) is 38.3 Å². The highest BCUT2D eigenvalue weighted by Gasteiger charge is 2.56. The normalized spacial score (nSPS) is 32.4. The van der Waals surface area contributed by atoms with Gasteiger partial charge in [-0.05, 0) is 116 Å². The molecular formula is C30H49NO2S. The fraction of sp³-hybridized carbons (Fsp3) is 0.767. The Bertz CT molecular complexity index is 904. The SMILES string of the molecule is CN[C@@H](C)C(=O)OC1CCC2C3CCc4cc(CCS(C)(C)C(C)(C)C)ccc4C3CCC12C. The molecular weight excluding hydrogens is 438 g/mol. The Balaban J connectivity index is 1.46. The first-order chi connectivity index (χ1) is 15.9. The number of hydrogen-bond donors (Lipinski definition) is 1. The van der Waals surface area contributed by atoms with E-state index in [0.29, 0.717) is 16.6 Å². The van der Waals surface area contributed by atoms with Crippen LogP contribution in [0.2, 0.25) is 0 Å². The highest BCUT2D eigenvalue weighted by atomic mass is 32.3. The minimum Gasteiger partial charge on any atom is -0.461 e. The van der Waals surface area contributed by atoms with Gasteiger partial charge in [-0.3, -0.25) is 4.79 Å². The van der Waals surface area contributed by atoms with Crippen molar-refractivity contribution in [2.75, 3.05) is 25.3 Å². The largest absolute Gasteiger partial charge is 0.461 e. The van der Waals surface area contributed by atoms with Gasteiger partial charge in [0, 0.05) is 5.41 Å². The summed E-state index contributed by atoms with van der Waals surface area (Å²) in [6, 6.07) is 7.25. The number of hydrogen-bond acceptors (Lipinski definition) is 3. The molecule has 2 saturated carbocycles. The first kappa shape index (κ1) is 26.1. The quantitative estimate of drug-likeness (QED) is 0.468. The van der Waals surface area contributed by atoms with Crippen molar-refractivity contribution < 1.29 is 9.53 Å². The Morgan fingerprint density at radius 2 is 1.94 bits per heavy atom. The second-order valence-corrected chi connectivity index (χ2v) is 17.8. The van der Waals surface area contributed by atoms with E-state index in [9.17, 15) is 4.79 Å². The third-order valence-electron chi connectivity index (χ3n) is 10.3. The minimum absolute atomic E-state index is 0.0826. The third kappa shape index (κ3) is 4.71. The van der Waals surface area contributed by atoms with Gasteiger partial charge in [0.1, 0.15) is 12.1 Å². The Morgan fingerprint density at radius 3 is 2.62 bits per heavy atom. The number of rotatable bonds is 6. The van der Waals surface area contributed by atoms with Gasteiger partial charge in [0.15, 0.2) is 0 Å². The lowest BCUT2D eigenvalue weighted by Crippen LogP contribution is -2.46. The molecule has 0 spiro atoms. The van der Waals surface area contributed by atoms with Crippen molar-refractivity contribution in [3.05, 3.63) is 34.9 Å². The van der Waals surface area contributed by atoms with Crippen molar-refractivity contribution in [1.29, 1.82) is 0 Å². The fourth-order valence-electron chi connectivity index (χ4n) is 6.98. The molecule has 0 amide bonds. The van der Waals surface area contributed by atoms with Gasteiger partial charge in [-0.25, -0.2) is 10.0 Å². The molecule has 0 radical (unpaired) electrons. The predicted octanol–water partition coefficient (Wildman–Crippen LogP) is 6.47. The molecule has 0 saturated heterocycles. The summed E-state index contributed by atoms with van der Waals surface area (Å²) in [6.07, 6.45) is 13.5. The van der Waals surface area contributed by atoms with Crippen molar-refractivity contribution in [2.45, 2.75) is 102 Å². The van der Waals surface area contributed by atoms with E-state index in [-0.39, 0.29) is 23.5 Å². The van der Waals surface area contributed by atoms with E-state index >= 15 is 0 Å². The number of likely N-dealkylation sites (N-methyl/N-ethyl adjacent to an activating group) is 1. The molecule has 0 bridgehead atoms. The fourth-order valence-corrected chi connectivity index (χ4v) is 8.33. The zero-order valence-electron chi connectivity index (χ0n) is 23.0. The van der Waals surface area contributed by atoms with Crippen molar-refractivity contribution in [3.63, 3.8) is 0 Å². The van der Waals surface area contributed by atoms with Gasteiger partial charge in [0.05, 0.1) is 0 Å². The lowest BCUT2D eigenvalue weighted by molar-refractivity contribution is -0.159. The number of fused-ring (bicyclic) bond motifs is 5. The molecule has 3 nitrogen and oxygen atoms in total. The Morgan fingerprint density at radius 1 is 1.21 bits per heavy atom. The van der Waals surface area contributed by atoms with Crippen LogP contribution in [0.25, 0.3) is 0 Å². The molecule has 2 fully saturated rings. The molecule has 4 heteroatoms. The van der Waals surface area contributed by atoms with Gasteiger partial charge >= 0.3 is 5.97 Å². The van der Waals surface area contributed by atoms with E-state index in [4.69, 9.17) is 4.74 Å². The maximum atomic E-state index is 12.5. The van der Waals surface area contributed by atoms with Gasteiger partial charge in [-0.1, -0.05) is 45.9 Å². The number of aryl methyl sites for hydroxylation is 2. The van der Waals surface area contributed by atoms with Crippen LogP contribution in [-0.4, -0.2) is 48.2 Å². The number of carbonyl (C=O) groups is 1. The molecule has 1 aromatic rings. The van der Waals surface area contributed by atoms with E-state index in [1.165, 1.54) is 49.8 Å². The van der Waals surface area contributed by atoms with E-state index in [1.54, 1.807) is 11.1 Å². The lowest BCUT2D eigenvalue weighted by atomic mass is 9.55.